The van der Waals surface area contributed by atoms with Gasteiger partial charge in [-0.3, -0.25) is 4.72 Å². The molecule has 0 atom stereocenters. The number of hydrogen-bond donors (Lipinski definition) is 1. The molecule has 0 bridgehead atoms. The topological polar surface area (TPSA) is 72.5 Å². The Morgan fingerprint density at radius 2 is 2.10 bits per heavy atom. The van der Waals surface area contributed by atoms with E-state index in [1.807, 2.05) is 0 Å². The minimum Gasteiger partial charge on any atom is -0.465 e. The fourth-order valence-electron chi connectivity index (χ4n) is 1.53. The highest BCUT2D eigenvalue weighted by atomic mass is 35.5. The fraction of sp³-hybridized carbons (Fsp3) is 0.0833. The quantitative estimate of drug-likeness (QED) is 0.861. The molecule has 2 rings (SSSR count). The first-order chi connectivity index (χ1) is 9.85. The second-order valence-corrected chi connectivity index (χ2v) is 6.84. The molecule has 0 radical (unpaired) electrons. The van der Waals surface area contributed by atoms with Crippen molar-refractivity contribution >= 4 is 44.6 Å². The molecule has 21 heavy (non-hydrogen) atoms. The van der Waals surface area contributed by atoms with Gasteiger partial charge < -0.3 is 4.74 Å². The minimum atomic E-state index is -4.18. The highest BCUT2D eigenvalue weighted by Crippen LogP contribution is 2.27. The Hall–Kier alpha value is -1.64. The lowest BCUT2D eigenvalue weighted by molar-refractivity contribution is 0.0607. The lowest BCUT2D eigenvalue weighted by atomic mass is 10.3. The maximum atomic E-state index is 13.7. The maximum absolute atomic E-state index is 13.7. The zero-order chi connectivity index (χ0) is 15.6. The van der Waals surface area contributed by atoms with Crippen LogP contribution in [0.3, 0.4) is 0 Å². The summed E-state index contributed by atoms with van der Waals surface area (Å²) in [5.74, 6) is -1.66. The molecule has 0 aliphatic heterocycles. The summed E-state index contributed by atoms with van der Waals surface area (Å²) in [4.78, 5) is 11.0. The minimum absolute atomic E-state index is 0.0289. The second-order valence-electron chi connectivity index (χ2n) is 3.84. The van der Waals surface area contributed by atoms with Gasteiger partial charge in [0.2, 0.25) is 0 Å². The molecule has 1 aromatic heterocycles. The highest BCUT2D eigenvalue weighted by molar-refractivity contribution is 7.92. The van der Waals surface area contributed by atoms with Crippen molar-refractivity contribution in [2.45, 2.75) is 4.90 Å². The molecule has 0 aliphatic rings. The smallest absolute Gasteiger partial charge is 0.350 e. The number of carbonyl (C=O) groups excluding carboxylic acids is 1. The van der Waals surface area contributed by atoms with Gasteiger partial charge in [0.1, 0.15) is 15.6 Å². The van der Waals surface area contributed by atoms with Crippen LogP contribution >= 0.6 is 22.9 Å². The number of esters is 1. The van der Waals surface area contributed by atoms with Crippen molar-refractivity contribution in [2.24, 2.45) is 0 Å². The van der Waals surface area contributed by atoms with E-state index in [0.29, 0.717) is 0 Å². The van der Waals surface area contributed by atoms with Crippen molar-refractivity contribution in [1.82, 2.24) is 0 Å². The lowest BCUT2D eigenvalue weighted by Crippen LogP contribution is -2.16. The molecule has 0 saturated carbocycles. The predicted molar refractivity (Wildman–Crippen MR) is 77.9 cm³/mol. The van der Waals surface area contributed by atoms with Crippen LogP contribution in [0.15, 0.2) is 34.5 Å². The Kier molecular flexibility index (Phi) is 4.50. The number of sulfonamides is 1. The zero-order valence-electron chi connectivity index (χ0n) is 10.6. The van der Waals surface area contributed by atoms with Crippen LogP contribution in [0.25, 0.3) is 0 Å². The number of ether oxygens (including phenoxy) is 1. The number of anilines is 1. The molecule has 0 aliphatic carbocycles. The Morgan fingerprint density at radius 3 is 2.71 bits per heavy atom. The van der Waals surface area contributed by atoms with E-state index in [1.54, 1.807) is 0 Å². The number of thiophene rings is 1. The van der Waals surface area contributed by atoms with E-state index in [9.17, 15) is 17.6 Å². The van der Waals surface area contributed by atoms with Crippen LogP contribution in [-0.2, 0) is 14.8 Å². The molecular formula is C12H9ClFNO4S2. The van der Waals surface area contributed by atoms with Crippen LogP contribution < -0.4 is 4.72 Å². The molecule has 112 valence electrons. The summed E-state index contributed by atoms with van der Waals surface area (Å²) in [6.45, 7) is 0. The molecule has 2 aromatic rings. The van der Waals surface area contributed by atoms with Gasteiger partial charge in [-0.15, -0.1) is 11.3 Å². The van der Waals surface area contributed by atoms with Crippen molar-refractivity contribution < 1.29 is 22.3 Å². The summed E-state index contributed by atoms with van der Waals surface area (Å²) >= 11 is 6.59. The molecule has 9 heteroatoms. The summed E-state index contributed by atoms with van der Waals surface area (Å²) in [6, 6.07) is 4.59. The van der Waals surface area contributed by atoms with Crippen molar-refractivity contribution in [3.8, 4) is 0 Å². The molecule has 1 aromatic carbocycles. The largest absolute Gasteiger partial charge is 0.465 e. The molecule has 0 spiro atoms. The second kappa shape index (κ2) is 6.00. The number of halogens is 2. The van der Waals surface area contributed by atoms with E-state index in [4.69, 9.17) is 11.6 Å². The molecule has 1 N–H and O–H groups in total. The highest BCUT2D eigenvalue weighted by Gasteiger charge is 2.23. The van der Waals surface area contributed by atoms with Crippen LogP contribution in [-0.4, -0.2) is 21.5 Å². The van der Waals surface area contributed by atoms with Gasteiger partial charge >= 0.3 is 5.97 Å². The Labute approximate surface area is 129 Å². The van der Waals surface area contributed by atoms with Crippen molar-refractivity contribution in [3.05, 3.63) is 45.4 Å². The van der Waals surface area contributed by atoms with E-state index < -0.39 is 26.7 Å². The van der Waals surface area contributed by atoms with Crippen molar-refractivity contribution in [3.63, 3.8) is 0 Å². The van der Waals surface area contributed by atoms with Gasteiger partial charge in [0, 0.05) is 5.02 Å². The standard InChI is InChI=1S/C12H9ClFNO4S2/c1-19-12(16)11-9(4-5-20-11)15-21(17,18)10-3-2-7(13)6-8(10)14/h2-6,15H,1H3. The fourth-order valence-corrected chi connectivity index (χ4v) is 3.65. The van der Waals surface area contributed by atoms with E-state index >= 15 is 0 Å². The first-order valence-electron chi connectivity index (χ1n) is 5.49. The average Bonchev–Trinajstić information content (AvgIpc) is 2.84. The van der Waals surface area contributed by atoms with Gasteiger partial charge in [-0.05, 0) is 29.6 Å². The third-order valence-corrected chi connectivity index (χ3v) is 4.99. The molecular weight excluding hydrogens is 341 g/mol. The monoisotopic (exact) mass is 349 g/mol. The molecule has 0 amide bonds. The normalized spacial score (nSPS) is 11.2. The van der Waals surface area contributed by atoms with Crippen LogP contribution in [0, 0.1) is 5.82 Å². The summed E-state index contributed by atoms with van der Waals surface area (Å²) < 4.78 is 44.7. The van der Waals surface area contributed by atoms with Gasteiger partial charge in [-0.25, -0.2) is 17.6 Å². The van der Waals surface area contributed by atoms with Gasteiger partial charge in [0.15, 0.2) is 0 Å². The van der Waals surface area contributed by atoms with Crippen LogP contribution in [0.1, 0.15) is 9.67 Å². The molecule has 1 heterocycles. The first-order valence-corrected chi connectivity index (χ1v) is 8.23. The maximum Gasteiger partial charge on any atom is 0.350 e. The lowest BCUT2D eigenvalue weighted by Gasteiger charge is -2.09. The van der Waals surface area contributed by atoms with Crippen LogP contribution in [0.4, 0.5) is 10.1 Å². The molecule has 0 saturated heterocycles. The predicted octanol–water partition coefficient (Wildman–Crippen LogP) is 3.13. The molecule has 5 nitrogen and oxygen atoms in total. The number of hydrogen-bond acceptors (Lipinski definition) is 5. The average molecular weight is 350 g/mol. The number of carbonyl (C=O) groups is 1. The summed E-state index contributed by atoms with van der Waals surface area (Å²) in [5.41, 5.74) is 0.0289. The van der Waals surface area contributed by atoms with Gasteiger partial charge in [-0.2, -0.15) is 0 Å². The summed E-state index contributed by atoms with van der Waals surface area (Å²) in [6.07, 6.45) is 0. The molecule has 0 unspecified atom stereocenters. The zero-order valence-corrected chi connectivity index (χ0v) is 13.0. The van der Waals surface area contributed by atoms with E-state index in [-0.39, 0.29) is 15.6 Å². The summed E-state index contributed by atoms with van der Waals surface area (Å²) in [5, 5.41) is 1.60. The van der Waals surface area contributed by atoms with E-state index in [0.717, 1.165) is 23.5 Å². The van der Waals surface area contributed by atoms with Crippen molar-refractivity contribution in [1.29, 1.82) is 0 Å². The van der Waals surface area contributed by atoms with E-state index in [2.05, 4.69) is 9.46 Å². The van der Waals surface area contributed by atoms with Crippen LogP contribution in [0.2, 0.25) is 5.02 Å². The van der Waals surface area contributed by atoms with Gasteiger partial charge in [0.05, 0.1) is 12.8 Å². The molecule has 0 fully saturated rings. The van der Waals surface area contributed by atoms with Crippen molar-refractivity contribution in [2.75, 3.05) is 11.8 Å². The number of rotatable bonds is 4. The Bertz CT molecular complexity index is 788. The van der Waals surface area contributed by atoms with Gasteiger partial charge in [0.25, 0.3) is 10.0 Å². The summed E-state index contributed by atoms with van der Waals surface area (Å²) in [7, 11) is -3.00. The SMILES string of the molecule is COC(=O)c1sccc1NS(=O)(=O)c1ccc(Cl)cc1F. The Balaban J connectivity index is 2.38. The third kappa shape index (κ3) is 3.34. The number of benzene rings is 1. The van der Waals surface area contributed by atoms with Crippen LogP contribution in [0.5, 0.6) is 0 Å². The third-order valence-electron chi connectivity index (χ3n) is 2.46. The van der Waals surface area contributed by atoms with E-state index in [1.165, 1.54) is 24.6 Å². The Morgan fingerprint density at radius 1 is 1.38 bits per heavy atom. The first kappa shape index (κ1) is 15.7. The number of methoxy groups -OCH3 is 1. The van der Waals surface area contributed by atoms with Gasteiger partial charge in [-0.1, -0.05) is 11.6 Å². The number of nitrogens with one attached hydrogen (secondary N) is 1.